The van der Waals surface area contributed by atoms with Crippen LogP contribution in [0, 0.1) is 35.5 Å². The Labute approximate surface area is 230 Å². The maximum Gasteiger partial charge on any atom is 0.251 e. The number of H-pyrrole nitrogens is 1. The van der Waals surface area contributed by atoms with E-state index in [1.807, 2.05) is 12.1 Å². The van der Waals surface area contributed by atoms with Crippen LogP contribution in [0.1, 0.15) is 83.1 Å². The molecule has 0 bridgehead atoms. The van der Waals surface area contributed by atoms with E-state index in [1.54, 1.807) is 0 Å². The van der Waals surface area contributed by atoms with E-state index in [0.717, 1.165) is 52.0 Å². The number of likely N-dealkylation sites (tertiary alicyclic amines) is 1. The van der Waals surface area contributed by atoms with Crippen LogP contribution >= 0.6 is 0 Å². The molecule has 0 unspecified atom stereocenters. The maximum atomic E-state index is 12.7. The molecule has 2 aliphatic carbocycles. The minimum absolute atomic E-state index is 0.00939. The number of carbonyl (C=O) groups excluding carboxylic acids is 1. The van der Waals surface area contributed by atoms with Gasteiger partial charge in [-0.15, -0.1) is 0 Å². The standard InChI is InChI=1S/C33H38N4O2/c1-21-12-28(24-2-3-24)29(27-8-10-35-31(21)27)18-37-11-9-33(13-22(14-33)16-34)15-30(37)25-4-6-26(7-5-25)32(38)36-17-23-19-39-20-23/h4-8,10,12,22-24,30,35H,2-3,9,11,13-15,17-20H2,1H3,(H,36,38)/t22?,30-,33?/m0/s1. The van der Waals surface area contributed by atoms with Gasteiger partial charge in [0.15, 0.2) is 0 Å². The number of carbonyl (C=O) groups is 1. The number of hydrogen-bond donors (Lipinski definition) is 2. The third-order valence-corrected chi connectivity index (χ3v) is 9.92. The van der Waals surface area contributed by atoms with Gasteiger partial charge >= 0.3 is 0 Å². The summed E-state index contributed by atoms with van der Waals surface area (Å²) < 4.78 is 5.23. The number of nitrogens with one attached hydrogen (secondary N) is 2. The Bertz CT molecular complexity index is 1420. The van der Waals surface area contributed by atoms with Gasteiger partial charge < -0.3 is 15.0 Å². The number of fused-ring (bicyclic) bond motifs is 1. The number of aromatic amines is 1. The first-order valence-corrected chi connectivity index (χ1v) is 14.7. The minimum Gasteiger partial charge on any atom is -0.381 e. The lowest BCUT2D eigenvalue weighted by atomic mass is 9.56. The third kappa shape index (κ3) is 4.66. The normalized spacial score (nSPS) is 27.2. The summed E-state index contributed by atoms with van der Waals surface area (Å²) in [5.41, 5.74) is 7.90. The SMILES string of the molecule is Cc1cc(C2CC2)c(CN2CCC3(CC(C#N)C3)C[C@H]2c2ccc(C(=O)NCC3COC3)cc2)c2cc[nH]c12. The van der Waals surface area contributed by atoms with Crippen LogP contribution in [0.4, 0.5) is 0 Å². The molecule has 0 radical (unpaired) electrons. The largest absolute Gasteiger partial charge is 0.381 e. The van der Waals surface area contributed by atoms with Crippen molar-refractivity contribution in [2.24, 2.45) is 17.3 Å². The smallest absolute Gasteiger partial charge is 0.251 e. The van der Waals surface area contributed by atoms with Crippen LogP contribution in [0.3, 0.4) is 0 Å². The molecule has 2 aliphatic heterocycles. The molecule has 2 saturated heterocycles. The van der Waals surface area contributed by atoms with Gasteiger partial charge in [-0.05, 0) is 104 Å². The molecule has 2 N–H and O–H groups in total. The second-order valence-corrected chi connectivity index (χ2v) is 12.7. The summed E-state index contributed by atoms with van der Waals surface area (Å²) >= 11 is 0. The van der Waals surface area contributed by atoms with Crippen LogP contribution in [0.2, 0.25) is 0 Å². The maximum absolute atomic E-state index is 12.7. The molecule has 1 spiro atoms. The highest BCUT2D eigenvalue weighted by molar-refractivity contribution is 5.94. The van der Waals surface area contributed by atoms with Crippen molar-refractivity contribution < 1.29 is 9.53 Å². The Morgan fingerprint density at radius 2 is 1.97 bits per heavy atom. The van der Waals surface area contributed by atoms with Gasteiger partial charge in [-0.1, -0.05) is 18.2 Å². The zero-order chi connectivity index (χ0) is 26.6. The number of amides is 1. The number of hydrogen-bond acceptors (Lipinski definition) is 4. The molecular formula is C33H38N4O2. The van der Waals surface area contributed by atoms with Crippen molar-refractivity contribution in [2.75, 3.05) is 26.3 Å². The van der Waals surface area contributed by atoms with Gasteiger partial charge in [0.1, 0.15) is 0 Å². The molecule has 39 heavy (non-hydrogen) atoms. The molecule has 6 heteroatoms. The molecule has 2 saturated carbocycles. The molecule has 4 fully saturated rings. The number of benzene rings is 2. The van der Waals surface area contributed by atoms with E-state index in [1.165, 1.54) is 46.0 Å². The van der Waals surface area contributed by atoms with Gasteiger partial charge in [0.2, 0.25) is 0 Å². The second kappa shape index (κ2) is 9.80. The van der Waals surface area contributed by atoms with Gasteiger partial charge in [0.25, 0.3) is 5.91 Å². The van der Waals surface area contributed by atoms with Crippen LogP contribution in [-0.2, 0) is 11.3 Å². The van der Waals surface area contributed by atoms with Gasteiger partial charge in [0, 0.05) is 53.6 Å². The number of nitrogens with zero attached hydrogens (tertiary/aromatic N) is 2. The van der Waals surface area contributed by atoms with Crippen LogP contribution < -0.4 is 5.32 Å². The van der Waals surface area contributed by atoms with Gasteiger partial charge in [-0.25, -0.2) is 0 Å². The number of aromatic nitrogens is 1. The first-order valence-electron chi connectivity index (χ1n) is 14.7. The Morgan fingerprint density at radius 3 is 2.67 bits per heavy atom. The molecule has 1 aromatic heterocycles. The molecule has 1 amide bonds. The summed E-state index contributed by atoms with van der Waals surface area (Å²) in [6.45, 7) is 6.36. The lowest BCUT2D eigenvalue weighted by molar-refractivity contribution is -0.0300. The number of rotatable bonds is 7. The molecule has 3 heterocycles. The van der Waals surface area contributed by atoms with Crippen molar-refractivity contribution in [3.8, 4) is 6.07 Å². The molecule has 1 atom stereocenters. The zero-order valence-electron chi connectivity index (χ0n) is 22.8. The van der Waals surface area contributed by atoms with Crippen LogP contribution in [0.25, 0.3) is 10.9 Å². The van der Waals surface area contributed by atoms with E-state index in [4.69, 9.17) is 4.74 Å². The van der Waals surface area contributed by atoms with Gasteiger partial charge in [-0.3, -0.25) is 9.69 Å². The summed E-state index contributed by atoms with van der Waals surface area (Å²) in [4.78, 5) is 18.9. The fourth-order valence-electron chi connectivity index (χ4n) is 7.37. The van der Waals surface area contributed by atoms with Gasteiger partial charge in [-0.2, -0.15) is 5.26 Å². The van der Waals surface area contributed by atoms with Crippen molar-refractivity contribution in [2.45, 2.75) is 64.0 Å². The topological polar surface area (TPSA) is 81.2 Å². The first kappa shape index (κ1) is 24.9. The number of nitriles is 1. The number of piperidine rings is 1. The van der Waals surface area contributed by atoms with Crippen molar-refractivity contribution >= 4 is 16.8 Å². The van der Waals surface area contributed by atoms with E-state index < -0.39 is 0 Å². The molecule has 3 aromatic rings. The molecule has 7 rings (SSSR count). The highest BCUT2D eigenvalue weighted by Gasteiger charge is 2.49. The van der Waals surface area contributed by atoms with Gasteiger partial charge in [0.05, 0.1) is 19.3 Å². The average molecular weight is 523 g/mol. The Kier molecular flexibility index (Phi) is 6.25. The summed E-state index contributed by atoms with van der Waals surface area (Å²) in [7, 11) is 0. The average Bonchev–Trinajstić information content (AvgIpc) is 3.63. The molecule has 202 valence electrons. The summed E-state index contributed by atoms with van der Waals surface area (Å²) in [6, 6.07) is 15.8. The predicted molar refractivity (Wildman–Crippen MR) is 151 cm³/mol. The summed E-state index contributed by atoms with van der Waals surface area (Å²) in [6.07, 6.45) is 8.97. The Balaban J connectivity index is 1.16. The fourth-order valence-corrected chi connectivity index (χ4v) is 7.37. The molecule has 6 nitrogen and oxygen atoms in total. The second-order valence-electron chi connectivity index (χ2n) is 12.7. The summed E-state index contributed by atoms with van der Waals surface area (Å²) in [5, 5.41) is 13.9. The predicted octanol–water partition coefficient (Wildman–Crippen LogP) is 5.99. The number of ether oxygens (including phenoxy) is 1. The lowest BCUT2D eigenvalue weighted by Gasteiger charge is -2.53. The van der Waals surface area contributed by atoms with Crippen LogP contribution in [0.5, 0.6) is 0 Å². The fraction of sp³-hybridized carbons (Fsp3) is 0.515. The number of aryl methyl sites for hydroxylation is 1. The van der Waals surface area contributed by atoms with Crippen LogP contribution in [0.15, 0.2) is 42.6 Å². The first-order chi connectivity index (χ1) is 19.0. The minimum atomic E-state index is -0.00939. The third-order valence-electron chi connectivity index (χ3n) is 9.92. The quantitative estimate of drug-likeness (QED) is 0.400. The zero-order valence-corrected chi connectivity index (χ0v) is 22.8. The van der Waals surface area contributed by atoms with E-state index in [2.05, 4.69) is 58.7 Å². The van der Waals surface area contributed by atoms with Crippen molar-refractivity contribution in [3.05, 3.63) is 70.4 Å². The Hall–Kier alpha value is -3.14. The van der Waals surface area contributed by atoms with Crippen molar-refractivity contribution in [3.63, 3.8) is 0 Å². The van der Waals surface area contributed by atoms with E-state index in [0.29, 0.717) is 23.9 Å². The van der Waals surface area contributed by atoms with E-state index in [9.17, 15) is 10.1 Å². The highest BCUT2D eigenvalue weighted by Crippen LogP contribution is 2.57. The van der Waals surface area contributed by atoms with Crippen molar-refractivity contribution in [1.82, 2.24) is 15.2 Å². The highest BCUT2D eigenvalue weighted by atomic mass is 16.5. The monoisotopic (exact) mass is 522 g/mol. The van der Waals surface area contributed by atoms with Crippen LogP contribution in [-0.4, -0.2) is 42.1 Å². The lowest BCUT2D eigenvalue weighted by Crippen LogP contribution is -2.48. The van der Waals surface area contributed by atoms with E-state index in [-0.39, 0.29) is 23.3 Å². The van der Waals surface area contributed by atoms with E-state index >= 15 is 0 Å². The Morgan fingerprint density at radius 1 is 1.18 bits per heavy atom. The molecular weight excluding hydrogens is 484 g/mol. The molecule has 4 aliphatic rings. The summed E-state index contributed by atoms with van der Waals surface area (Å²) in [5.74, 6) is 1.33. The molecule has 2 aromatic carbocycles. The van der Waals surface area contributed by atoms with Crippen molar-refractivity contribution in [1.29, 1.82) is 5.26 Å².